The van der Waals surface area contributed by atoms with Gasteiger partial charge >= 0.3 is 5.97 Å². The van der Waals surface area contributed by atoms with Crippen molar-refractivity contribution in [1.29, 1.82) is 0 Å². The number of aliphatic carboxylic acids is 1. The first-order chi connectivity index (χ1) is 9.47. The Morgan fingerprint density at radius 1 is 1.35 bits per heavy atom. The minimum Gasteiger partial charge on any atom is -0.480 e. The molecule has 4 nitrogen and oxygen atoms in total. The third kappa shape index (κ3) is 3.26. The molecule has 2 N–H and O–H groups in total. The lowest BCUT2D eigenvalue weighted by atomic mass is 10.0. The Morgan fingerprint density at radius 2 is 2.05 bits per heavy atom. The molecule has 0 amide bonds. The topological polar surface area (TPSA) is 62.2 Å². The Labute approximate surface area is 118 Å². The maximum Gasteiger partial charge on any atom is 0.326 e. The smallest absolute Gasteiger partial charge is 0.326 e. The fourth-order valence-corrected chi connectivity index (χ4v) is 2.23. The summed E-state index contributed by atoms with van der Waals surface area (Å²) in [5, 5.41) is 13.4. The van der Waals surface area contributed by atoms with Gasteiger partial charge in [0.25, 0.3) is 0 Å². The van der Waals surface area contributed by atoms with Crippen molar-refractivity contribution in [3.63, 3.8) is 0 Å². The average Bonchev–Trinajstić information content (AvgIpc) is 2.38. The monoisotopic (exact) mass is 272 g/mol. The van der Waals surface area contributed by atoms with Crippen LogP contribution in [0.5, 0.6) is 0 Å². The largest absolute Gasteiger partial charge is 0.480 e. The van der Waals surface area contributed by atoms with Crippen molar-refractivity contribution < 1.29 is 9.90 Å². The molecule has 0 fully saturated rings. The minimum atomic E-state index is -0.840. The zero-order valence-electron chi connectivity index (χ0n) is 12.1. The molecule has 4 heteroatoms. The number of aryl methyl sites for hydroxylation is 1. The lowest BCUT2D eigenvalue weighted by molar-refractivity contribution is -0.138. The van der Waals surface area contributed by atoms with Crippen LogP contribution in [0.25, 0.3) is 10.9 Å². The number of nitrogens with one attached hydrogen (secondary N) is 1. The maximum absolute atomic E-state index is 11.3. The number of carboxylic acid groups (broad SMARTS) is 1. The van der Waals surface area contributed by atoms with E-state index in [9.17, 15) is 9.90 Å². The quantitative estimate of drug-likeness (QED) is 0.875. The summed E-state index contributed by atoms with van der Waals surface area (Å²) in [4.78, 5) is 15.9. The van der Waals surface area contributed by atoms with Gasteiger partial charge in [0.2, 0.25) is 0 Å². The molecule has 0 spiro atoms. The molecule has 1 heterocycles. The molecule has 0 aliphatic heterocycles. The van der Waals surface area contributed by atoms with Gasteiger partial charge in [0.1, 0.15) is 11.9 Å². The van der Waals surface area contributed by atoms with Crippen molar-refractivity contribution in [3.8, 4) is 0 Å². The van der Waals surface area contributed by atoms with E-state index in [1.165, 1.54) is 0 Å². The number of para-hydroxylation sites is 1. The Morgan fingerprint density at radius 3 is 2.70 bits per heavy atom. The Kier molecular flexibility index (Phi) is 4.23. The average molecular weight is 272 g/mol. The van der Waals surface area contributed by atoms with Gasteiger partial charge in [-0.1, -0.05) is 32.0 Å². The van der Waals surface area contributed by atoms with Gasteiger partial charge in [0, 0.05) is 5.39 Å². The van der Waals surface area contributed by atoms with E-state index >= 15 is 0 Å². The molecule has 106 valence electrons. The normalized spacial score (nSPS) is 12.6. The van der Waals surface area contributed by atoms with E-state index in [0.29, 0.717) is 18.2 Å². The van der Waals surface area contributed by atoms with Crippen LogP contribution in [0.4, 0.5) is 5.82 Å². The van der Waals surface area contributed by atoms with Crippen LogP contribution in [0.1, 0.15) is 25.8 Å². The van der Waals surface area contributed by atoms with Crippen molar-refractivity contribution in [2.75, 3.05) is 5.32 Å². The first-order valence-corrected chi connectivity index (χ1v) is 6.83. The van der Waals surface area contributed by atoms with Gasteiger partial charge in [-0.25, -0.2) is 9.78 Å². The van der Waals surface area contributed by atoms with Gasteiger partial charge in [-0.2, -0.15) is 0 Å². The summed E-state index contributed by atoms with van der Waals surface area (Å²) in [6.45, 7) is 5.96. The fourth-order valence-electron chi connectivity index (χ4n) is 2.23. The van der Waals surface area contributed by atoms with Crippen LogP contribution >= 0.6 is 0 Å². The number of rotatable bonds is 5. The summed E-state index contributed by atoms with van der Waals surface area (Å²) >= 11 is 0. The first kappa shape index (κ1) is 14.3. The number of benzene rings is 1. The summed E-state index contributed by atoms with van der Waals surface area (Å²) in [6.07, 6.45) is 0.573. The molecule has 1 unspecified atom stereocenters. The minimum absolute atomic E-state index is 0.310. The van der Waals surface area contributed by atoms with Crippen molar-refractivity contribution in [3.05, 3.63) is 35.9 Å². The molecule has 1 aromatic heterocycles. The number of fused-ring (bicyclic) bond motifs is 1. The molecule has 0 bridgehead atoms. The second-order valence-electron chi connectivity index (χ2n) is 5.51. The number of hydrogen-bond acceptors (Lipinski definition) is 3. The molecular formula is C16H20N2O2. The van der Waals surface area contributed by atoms with Crippen LogP contribution < -0.4 is 5.32 Å². The van der Waals surface area contributed by atoms with Crippen molar-refractivity contribution >= 4 is 22.7 Å². The molecule has 1 atom stereocenters. The van der Waals surface area contributed by atoms with Crippen molar-refractivity contribution in [2.45, 2.75) is 33.2 Å². The molecule has 0 aliphatic rings. The summed E-state index contributed by atoms with van der Waals surface area (Å²) in [7, 11) is 0. The molecule has 0 aliphatic carbocycles. The zero-order valence-corrected chi connectivity index (χ0v) is 12.1. The zero-order chi connectivity index (χ0) is 14.7. The Bertz CT molecular complexity index is 623. The van der Waals surface area contributed by atoms with Crippen LogP contribution in [0.2, 0.25) is 0 Å². The number of carboxylic acids is 1. The van der Waals surface area contributed by atoms with E-state index in [4.69, 9.17) is 0 Å². The lowest BCUT2D eigenvalue weighted by Crippen LogP contribution is -2.31. The molecule has 2 aromatic rings. The second kappa shape index (κ2) is 5.90. The number of carbonyl (C=O) groups is 1. The summed E-state index contributed by atoms with van der Waals surface area (Å²) in [5.74, 6) is 0.120. The molecule has 0 saturated heterocycles. The van der Waals surface area contributed by atoms with Crippen LogP contribution in [0.15, 0.2) is 30.3 Å². The van der Waals surface area contributed by atoms with E-state index in [0.717, 1.165) is 16.5 Å². The molecule has 1 aromatic carbocycles. The molecular weight excluding hydrogens is 252 g/mol. The maximum atomic E-state index is 11.3. The van der Waals surface area contributed by atoms with E-state index in [1.807, 2.05) is 51.1 Å². The van der Waals surface area contributed by atoms with Gasteiger partial charge in [-0.15, -0.1) is 0 Å². The van der Waals surface area contributed by atoms with Gasteiger partial charge < -0.3 is 10.4 Å². The van der Waals surface area contributed by atoms with Crippen LogP contribution in [-0.2, 0) is 4.79 Å². The summed E-state index contributed by atoms with van der Waals surface area (Å²) in [6, 6.07) is 9.24. The van der Waals surface area contributed by atoms with Crippen LogP contribution in [-0.4, -0.2) is 22.1 Å². The van der Waals surface area contributed by atoms with E-state index in [2.05, 4.69) is 10.3 Å². The Balaban J connectivity index is 2.31. The van der Waals surface area contributed by atoms with Crippen LogP contribution in [0.3, 0.4) is 0 Å². The Hall–Kier alpha value is -2.10. The summed E-state index contributed by atoms with van der Waals surface area (Å²) < 4.78 is 0. The highest BCUT2D eigenvalue weighted by molar-refractivity contribution is 5.83. The lowest BCUT2D eigenvalue weighted by Gasteiger charge is -2.18. The highest BCUT2D eigenvalue weighted by Gasteiger charge is 2.20. The van der Waals surface area contributed by atoms with Crippen molar-refractivity contribution in [1.82, 2.24) is 4.98 Å². The number of aromatic nitrogens is 1. The number of anilines is 1. The first-order valence-electron chi connectivity index (χ1n) is 6.83. The van der Waals surface area contributed by atoms with Gasteiger partial charge in [-0.3, -0.25) is 0 Å². The highest BCUT2D eigenvalue weighted by atomic mass is 16.4. The third-order valence-electron chi connectivity index (χ3n) is 3.23. The number of nitrogens with zero attached hydrogens (tertiary/aromatic N) is 1. The van der Waals surface area contributed by atoms with Gasteiger partial charge in [-0.05, 0) is 37.0 Å². The molecule has 20 heavy (non-hydrogen) atoms. The standard InChI is InChI=1S/C16H20N2O2/c1-10(2)8-14(16(19)20)18-15-11(3)9-12-6-4-5-7-13(12)17-15/h4-7,9-10,14H,8H2,1-3H3,(H,17,18)(H,19,20). The predicted molar refractivity (Wildman–Crippen MR) is 81.0 cm³/mol. The fraction of sp³-hybridized carbons (Fsp3) is 0.375. The third-order valence-corrected chi connectivity index (χ3v) is 3.23. The number of hydrogen-bond donors (Lipinski definition) is 2. The molecule has 2 rings (SSSR count). The highest BCUT2D eigenvalue weighted by Crippen LogP contribution is 2.21. The molecule has 0 saturated carbocycles. The van der Waals surface area contributed by atoms with Gasteiger partial charge in [0.05, 0.1) is 5.52 Å². The van der Waals surface area contributed by atoms with E-state index < -0.39 is 12.0 Å². The SMILES string of the molecule is Cc1cc2ccccc2nc1NC(CC(C)C)C(=O)O. The second-order valence-corrected chi connectivity index (χ2v) is 5.51. The van der Waals surface area contributed by atoms with Crippen LogP contribution in [0, 0.1) is 12.8 Å². The molecule has 0 radical (unpaired) electrons. The predicted octanol–water partition coefficient (Wildman–Crippen LogP) is 3.45. The van der Waals surface area contributed by atoms with E-state index in [-0.39, 0.29) is 0 Å². The number of pyridine rings is 1. The van der Waals surface area contributed by atoms with Gasteiger partial charge in [0.15, 0.2) is 0 Å². The van der Waals surface area contributed by atoms with E-state index in [1.54, 1.807) is 0 Å². The van der Waals surface area contributed by atoms with Crippen molar-refractivity contribution in [2.24, 2.45) is 5.92 Å². The summed E-state index contributed by atoms with van der Waals surface area (Å²) in [5.41, 5.74) is 1.83.